The fourth-order valence-corrected chi connectivity index (χ4v) is 1.46. The zero-order valence-corrected chi connectivity index (χ0v) is 9.46. The van der Waals surface area contributed by atoms with Gasteiger partial charge in [0.1, 0.15) is 5.82 Å². The van der Waals surface area contributed by atoms with Crippen molar-refractivity contribution in [3.05, 3.63) is 33.6 Å². The van der Waals surface area contributed by atoms with Gasteiger partial charge in [-0.05, 0) is 12.1 Å². The first-order valence-electron chi connectivity index (χ1n) is 3.67. The molecule has 0 saturated carbocycles. The first-order chi connectivity index (χ1) is 6.07. The molecule has 0 aliphatic heterocycles. The van der Waals surface area contributed by atoms with E-state index in [1.54, 1.807) is 0 Å². The third-order valence-corrected chi connectivity index (χ3v) is 2.52. The van der Waals surface area contributed by atoms with E-state index in [2.05, 4.69) is 0 Å². The number of hydrogen-bond donors (Lipinski definition) is 2. The Morgan fingerprint density at radius 3 is 2.43 bits per heavy atom. The molecule has 1 rings (SSSR count). The molecular formula is C8H10Cl3FN2. The van der Waals surface area contributed by atoms with Crippen molar-refractivity contribution >= 4 is 35.6 Å². The molecule has 0 aromatic heterocycles. The van der Waals surface area contributed by atoms with Crippen molar-refractivity contribution in [3.8, 4) is 0 Å². The van der Waals surface area contributed by atoms with Crippen LogP contribution >= 0.6 is 35.6 Å². The highest BCUT2D eigenvalue weighted by atomic mass is 35.5. The van der Waals surface area contributed by atoms with Gasteiger partial charge in [-0.1, -0.05) is 23.2 Å². The molecule has 0 saturated heterocycles. The van der Waals surface area contributed by atoms with Crippen LogP contribution < -0.4 is 11.5 Å². The number of halogens is 4. The average molecular weight is 260 g/mol. The van der Waals surface area contributed by atoms with E-state index in [0.29, 0.717) is 0 Å². The number of rotatable bonds is 2. The lowest BCUT2D eigenvalue weighted by Crippen LogP contribution is -2.22. The summed E-state index contributed by atoms with van der Waals surface area (Å²) in [6.45, 7) is 0.122. The van der Waals surface area contributed by atoms with E-state index in [1.807, 2.05) is 0 Å². The maximum Gasteiger partial charge on any atom is 0.129 e. The standard InChI is InChI=1S/C8H9Cl2FN2.ClH/c9-4-1-2-5(11)7(8(4)10)6(13)3-12;/h1-2,6H,3,12-13H2;1H/t6-;/m1./s1. The zero-order valence-electron chi connectivity index (χ0n) is 7.14. The third-order valence-electron chi connectivity index (χ3n) is 1.70. The molecule has 0 radical (unpaired) electrons. The van der Waals surface area contributed by atoms with Gasteiger partial charge in [0.2, 0.25) is 0 Å². The number of benzene rings is 1. The largest absolute Gasteiger partial charge is 0.329 e. The van der Waals surface area contributed by atoms with Gasteiger partial charge in [0.25, 0.3) is 0 Å². The topological polar surface area (TPSA) is 52.0 Å². The molecule has 6 heteroatoms. The van der Waals surface area contributed by atoms with Crippen LogP contribution in [0.4, 0.5) is 4.39 Å². The predicted molar refractivity (Wildman–Crippen MR) is 59.7 cm³/mol. The van der Waals surface area contributed by atoms with Crippen LogP contribution in [-0.4, -0.2) is 6.54 Å². The Hall–Kier alpha value is -0.0600. The Labute approximate surface area is 97.8 Å². The van der Waals surface area contributed by atoms with E-state index >= 15 is 0 Å². The second-order valence-corrected chi connectivity index (χ2v) is 3.38. The first-order valence-corrected chi connectivity index (χ1v) is 4.42. The summed E-state index contributed by atoms with van der Waals surface area (Å²) in [4.78, 5) is 0. The molecule has 2 nitrogen and oxygen atoms in total. The molecule has 0 amide bonds. The Morgan fingerprint density at radius 1 is 1.36 bits per heavy atom. The van der Waals surface area contributed by atoms with Gasteiger partial charge in [-0.15, -0.1) is 12.4 Å². The maximum atomic E-state index is 13.2. The lowest BCUT2D eigenvalue weighted by Gasteiger charge is -2.12. The minimum atomic E-state index is -0.619. The molecule has 4 N–H and O–H groups in total. The molecular weight excluding hydrogens is 249 g/mol. The minimum absolute atomic E-state index is 0. The highest BCUT2D eigenvalue weighted by molar-refractivity contribution is 6.42. The average Bonchev–Trinajstić information content (AvgIpc) is 2.12. The fraction of sp³-hybridized carbons (Fsp3) is 0.250. The van der Waals surface area contributed by atoms with E-state index in [4.69, 9.17) is 34.7 Å². The Bertz CT molecular complexity index is 320. The van der Waals surface area contributed by atoms with Crippen LogP contribution in [0.25, 0.3) is 0 Å². The van der Waals surface area contributed by atoms with Crippen molar-refractivity contribution in [3.63, 3.8) is 0 Å². The van der Waals surface area contributed by atoms with Gasteiger partial charge in [-0.2, -0.15) is 0 Å². The SMILES string of the molecule is Cl.NC[C@@H](N)c1c(F)ccc(Cl)c1Cl. The highest BCUT2D eigenvalue weighted by Gasteiger charge is 2.16. The summed E-state index contributed by atoms with van der Waals surface area (Å²) < 4.78 is 13.2. The molecule has 0 bridgehead atoms. The van der Waals surface area contributed by atoms with Crippen LogP contribution in [-0.2, 0) is 0 Å². The van der Waals surface area contributed by atoms with Crippen molar-refractivity contribution < 1.29 is 4.39 Å². The summed E-state index contributed by atoms with van der Waals surface area (Å²) in [5, 5.41) is 0.418. The second-order valence-electron chi connectivity index (χ2n) is 2.60. The van der Waals surface area contributed by atoms with Crippen molar-refractivity contribution in [1.82, 2.24) is 0 Å². The van der Waals surface area contributed by atoms with Crippen LogP contribution in [0.3, 0.4) is 0 Å². The van der Waals surface area contributed by atoms with Crippen molar-refractivity contribution in [1.29, 1.82) is 0 Å². The summed E-state index contributed by atoms with van der Waals surface area (Å²) in [6, 6.07) is 1.98. The van der Waals surface area contributed by atoms with Gasteiger partial charge >= 0.3 is 0 Å². The fourth-order valence-electron chi connectivity index (χ4n) is 1.00. The van der Waals surface area contributed by atoms with Gasteiger partial charge < -0.3 is 11.5 Å². The summed E-state index contributed by atoms with van der Waals surface area (Å²) >= 11 is 11.5. The van der Waals surface area contributed by atoms with E-state index in [0.717, 1.165) is 0 Å². The quantitative estimate of drug-likeness (QED) is 0.802. The van der Waals surface area contributed by atoms with Crippen LogP contribution in [0.2, 0.25) is 10.0 Å². The first kappa shape index (κ1) is 13.9. The van der Waals surface area contributed by atoms with Crippen LogP contribution in [0.15, 0.2) is 12.1 Å². The monoisotopic (exact) mass is 258 g/mol. The second kappa shape index (κ2) is 5.73. The molecule has 0 aliphatic carbocycles. The minimum Gasteiger partial charge on any atom is -0.329 e. The van der Waals surface area contributed by atoms with Gasteiger partial charge in [0, 0.05) is 18.2 Å². The number of hydrogen-bond acceptors (Lipinski definition) is 2. The van der Waals surface area contributed by atoms with Crippen LogP contribution in [0, 0.1) is 5.82 Å². The van der Waals surface area contributed by atoms with Gasteiger partial charge in [0.15, 0.2) is 0 Å². The third kappa shape index (κ3) is 2.72. The Morgan fingerprint density at radius 2 is 1.93 bits per heavy atom. The lowest BCUT2D eigenvalue weighted by atomic mass is 10.1. The van der Waals surface area contributed by atoms with Crippen LogP contribution in [0.5, 0.6) is 0 Å². The van der Waals surface area contributed by atoms with Gasteiger partial charge in [0.05, 0.1) is 10.0 Å². The molecule has 14 heavy (non-hydrogen) atoms. The van der Waals surface area contributed by atoms with Gasteiger partial charge in [-0.25, -0.2) is 4.39 Å². The smallest absolute Gasteiger partial charge is 0.129 e. The van der Waals surface area contributed by atoms with E-state index in [-0.39, 0.29) is 34.6 Å². The zero-order chi connectivity index (χ0) is 10.0. The molecule has 0 heterocycles. The van der Waals surface area contributed by atoms with Crippen LogP contribution in [0.1, 0.15) is 11.6 Å². The van der Waals surface area contributed by atoms with E-state index < -0.39 is 11.9 Å². The summed E-state index contributed by atoms with van der Waals surface area (Å²) in [5.41, 5.74) is 11.0. The number of nitrogens with two attached hydrogens (primary N) is 2. The summed E-state index contributed by atoms with van der Waals surface area (Å²) in [7, 11) is 0. The van der Waals surface area contributed by atoms with Crippen molar-refractivity contribution in [2.75, 3.05) is 6.54 Å². The van der Waals surface area contributed by atoms with E-state index in [9.17, 15) is 4.39 Å². The van der Waals surface area contributed by atoms with Crippen molar-refractivity contribution in [2.45, 2.75) is 6.04 Å². The molecule has 0 spiro atoms. The molecule has 0 unspecified atom stereocenters. The molecule has 1 aromatic carbocycles. The molecule has 0 fully saturated rings. The van der Waals surface area contributed by atoms with E-state index in [1.165, 1.54) is 12.1 Å². The maximum absolute atomic E-state index is 13.2. The Balaban J connectivity index is 0.00000169. The van der Waals surface area contributed by atoms with Crippen molar-refractivity contribution in [2.24, 2.45) is 11.5 Å². The molecule has 0 aliphatic rings. The molecule has 1 aromatic rings. The summed E-state index contributed by atoms with van der Waals surface area (Å²) in [5.74, 6) is -0.479. The molecule has 80 valence electrons. The summed E-state index contributed by atoms with van der Waals surface area (Å²) in [6.07, 6.45) is 0. The predicted octanol–water partition coefficient (Wildman–Crippen LogP) is 2.51. The normalized spacial score (nSPS) is 12.1. The Kier molecular flexibility index (Phi) is 5.71. The lowest BCUT2D eigenvalue weighted by molar-refractivity contribution is 0.584. The van der Waals surface area contributed by atoms with Gasteiger partial charge in [-0.3, -0.25) is 0 Å². The highest BCUT2D eigenvalue weighted by Crippen LogP contribution is 2.30. The molecule has 1 atom stereocenters.